The van der Waals surface area contributed by atoms with Crippen LogP contribution in [0.15, 0.2) is 18.2 Å². The molecule has 0 aliphatic carbocycles. The molecule has 3 rings (SSSR count). The highest BCUT2D eigenvalue weighted by Gasteiger charge is 2.42. The molecule has 20 heavy (non-hydrogen) atoms. The first-order chi connectivity index (χ1) is 9.64. The van der Waals surface area contributed by atoms with Crippen molar-refractivity contribution in [2.24, 2.45) is 0 Å². The van der Waals surface area contributed by atoms with Gasteiger partial charge in [0.2, 0.25) is 0 Å². The average Bonchev–Trinajstić information content (AvgIpc) is 2.81. The van der Waals surface area contributed by atoms with Gasteiger partial charge in [-0.15, -0.1) is 0 Å². The van der Waals surface area contributed by atoms with Crippen LogP contribution < -0.4 is 4.74 Å². The number of piperidine rings is 1. The number of carbonyl (C=O) groups excluding carboxylic acids is 1. The van der Waals surface area contributed by atoms with Crippen LogP contribution in [0.1, 0.15) is 35.7 Å². The number of ether oxygens (including phenoxy) is 2. The van der Waals surface area contributed by atoms with Gasteiger partial charge in [-0.25, -0.2) is 4.79 Å². The van der Waals surface area contributed by atoms with Gasteiger partial charge in [0.05, 0.1) is 18.8 Å². The molecule has 2 aliphatic heterocycles. The highest BCUT2D eigenvalue weighted by atomic mass is 16.5. The molecule has 2 aliphatic rings. The van der Waals surface area contributed by atoms with Gasteiger partial charge in [-0.2, -0.15) is 0 Å². The summed E-state index contributed by atoms with van der Waals surface area (Å²) in [6, 6.07) is 5.69. The molecule has 108 valence electrons. The first-order valence-corrected chi connectivity index (χ1v) is 7.28. The Balaban J connectivity index is 1.91. The van der Waals surface area contributed by atoms with Crippen LogP contribution in [0.5, 0.6) is 5.75 Å². The number of hydrogen-bond acceptors (Lipinski definition) is 4. The summed E-state index contributed by atoms with van der Waals surface area (Å²) < 4.78 is 10.9. The number of likely N-dealkylation sites (tertiary alicyclic amines) is 1. The molecular weight excluding hydrogens is 254 g/mol. The predicted molar refractivity (Wildman–Crippen MR) is 76.3 cm³/mol. The number of carbonyl (C=O) groups is 1. The lowest BCUT2D eigenvalue weighted by atomic mass is 9.74. The van der Waals surface area contributed by atoms with Crippen LogP contribution in [0.25, 0.3) is 0 Å². The number of nitrogens with zero attached hydrogens (tertiary/aromatic N) is 1. The topological polar surface area (TPSA) is 38.8 Å². The Morgan fingerprint density at radius 2 is 2.15 bits per heavy atom. The van der Waals surface area contributed by atoms with Crippen molar-refractivity contribution < 1.29 is 14.3 Å². The fourth-order valence-corrected chi connectivity index (χ4v) is 3.17. The van der Waals surface area contributed by atoms with E-state index < -0.39 is 0 Å². The third-order valence-electron chi connectivity index (χ3n) is 4.51. The normalized spacial score (nSPS) is 20.5. The van der Waals surface area contributed by atoms with Crippen molar-refractivity contribution in [3.05, 3.63) is 29.3 Å². The maximum atomic E-state index is 11.9. The first kappa shape index (κ1) is 13.4. The van der Waals surface area contributed by atoms with Crippen LogP contribution in [0.2, 0.25) is 0 Å². The van der Waals surface area contributed by atoms with E-state index in [-0.39, 0.29) is 11.4 Å². The van der Waals surface area contributed by atoms with E-state index in [4.69, 9.17) is 9.47 Å². The summed E-state index contributed by atoms with van der Waals surface area (Å²) >= 11 is 0. The van der Waals surface area contributed by atoms with Crippen LogP contribution in [-0.2, 0) is 10.2 Å². The predicted octanol–water partition coefficient (Wildman–Crippen LogP) is 2.22. The van der Waals surface area contributed by atoms with Crippen LogP contribution >= 0.6 is 0 Å². The molecule has 0 saturated carbocycles. The third-order valence-corrected chi connectivity index (χ3v) is 4.51. The summed E-state index contributed by atoms with van der Waals surface area (Å²) in [4.78, 5) is 14.2. The minimum Gasteiger partial charge on any atom is -0.492 e. The lowest BCUT2D eigenvalue weighted by Crippen LogP contribution is -2.41. The second kappa shape index (κ2) is 5.09. The maximum absolute atomic E-state index is 11.9. The Kier molecular flexibility index (Phi) is 3.42. The number of hydrogen-bond donors (Lipinski definition) is 0. The first-order valence-electron chi connectivity index (χ1n) is 7.28. The van der Waals surface area contributed by atoms with Gasteiger partial charge < -0.3 is 14.4 Å². The Bertz CT molecular complexity index is 518. The summed E-state index contributed by atoms with van der Waals surface area (Å²) in [5.41, 5.74) is 1.91. The maximum Gasteiger partial charge on any atom is 0.338 e. The van der Waals surface area contributed by atoms with E-state index in [0.717, 1.165) is 38.3 Å². The molecule has 0 bridgehead atoms. The zero-order valence-electron chi connectivity index (χ0n) is 12.1. The van der Waals surface area contributed by atoms with Gasteiger partial charge in [-0.05, 0) is 58.1 Å². The Hall–Kier alpha value is -1.55. The van der Waals surface area contributed by atoms with Crippen LogP contribution in [0, 0.1) is 0 Å². The van der Waals surface area contributed by atoms with Crippen molar-refractivity contribution in [1.82, 2.24) is 4.90 Å². The van der Waals surface area contributed by atoms with Crippen molar-refractivity contribution in [3.63, 3.8) is 0 Å². The van der Waals surface area contributed by atoms with Gasteiger partial charge in [0, 0.05) is 11.0 Å². The zero-order chi connectivity index (χ0) is 14.2. The summed E-state index contributed by atoms with van der Waals surface area (Å²) in [7, 11) is 2.15. The summed E-state index contributed by atoms with van der Waals surface area (Å²) in [5, 5.41) is 0. The molecule has 0 atom stereocenters. The van der Waals surface area contributed by atoms with Gasteiger partial charge in [-0.1, -0.05) is 0 Å². The SMILES string of the molecule is CCOC(=O)c1ccc2c(c1)C1(CCN(C)CC1)CO2. The second-order valence-corrected chi connectivity index (χ2v) is 5.80. The molecule has 1 spiro atoms. The minimum atomic E-state index is -0.245. The Morgan fingerprint density at radius 1 is 1.40 bits per heavy atom. The van der Waals surface area contributed by atoms with Gasteiger partial charge in [0.15, 0.2) is 0 Å². The van der Waals surface area contributed by atoms with Crippen molar-refractivity contribution in [2.45, 2.75) is 25.2 Å². The quantitative estimate of drug-likeness (QED) is 0.776. The van der Waals surface area contributed by atoms with E-state index in [1.807, 2.05) is 19.1 Å². The molecule has 4 nitrogen and oxygen atoms in total. The standard InChI is InChI=1S/C16H21NO3/c1-3-19-15(18)12-4-5-14-13(10-12)16(11-20-14)6-8-17(2)9-7-16/h4-5,10H,3,6-9,11H2,1-2H3. The monoisotopic (exact) mass is 275 g/mol. The van der Waals surface area contributed by atoms with E-state index in [9.17, 15) is 4.79 Å². The van der Waals surface area contributed by atoms with Gasteiger partial charge in [0.1, 0.15) is 5.75 Å². The molecule has 0 aromatic heterocycles. The van der Waals surface area contributed by atoms with E-state index in [0.29, 0.717) is 12.2 Å². The highest BCUT2D eigenvalue weighted by molar-refractivity contribution is 5.90. The second-order valence-electron chi connectivity index (χ2n) is 5.80. The van der Waals surface area contributed by atoms with E-state index >= 15 is 0 Å². The molecule has 0 amide bonds. The molecule has 2 heterocycles. The lowest BCUT2D eigenvalue weighted by Gasteiger charge is -2.36. The van der Waals surface area contributed by atoms with Crippen LogP contribution in [0.4, 0.5) is 0 Å². The summed E-state index contributed by atoms with van der Waals surface area (Å²) in [5.74, 6) is 0.688. The fourth-order valence-electron chi connectivity index (χ4n) is 3.17. The van der Waals surface area contributed by atoms with Crippen molar-refractivity contribution >= 4 is 5.97 Å². The highest BCUT2D eigenvalue weighted by Crippen LogP contribution is 2.45. The zero-order valence-corrected chi connectivity index (χ0v) is 12.1. The van der Waals surface area contributed by atoms with Crippen molar-refractivity contribution in [1.29, 1.82) is 0 Å². The van der Waals surface area contributed by atoms with Crippen LogP contribution in [-0.4, -0.2) is 44.2 Å². The Labute approximate surface area is 119 Å². The molecular formula is C16H21NO3. The number of benzene rings is 1. The smallest absolute Gasteiger partial charge is 0.338 e. The lowest BCUT2D eigenvalue weighted by molar-refractivity contribution is 0.0526. The van der Waals surface area contributed by atoms with Crippen molar-refractivity contribution in [2.75, 3.05) is 33.4 Å². The molecule has 1 aromatic carbocycles. The molecule has 0 N–H and O–H groups in total. The van der Waals surface area contributed by atoms with Crippen LogP contribution in [0.3, 0.4) is 0 Å². The number of fused-ring (bicyclic) bond motifs is 2. The van der Waals surface area contributed by atoms with Crippen molar-refractivity contribution in [3.8, 4) is 5.75 Å². The molecule has 4 heteroatoms. The van der Waals surface area contributed by atoms with Gasteiger partial charge >= 0.3 is 5.97 Å². The summed E-state index contributed by atoms with van der Waals surface area (Å²) in [6.45, 7) is 5.12. The van der Waals surface area contributed by atoms with E-state index in [1.165, 1.54) is 5.56 Å². The summed E-state index contributed by atoms with van der Waals surface area (Å²) in [6.07, 6.45) is 2.17. The Morgan fingerprint density at radius 3 is 2.85 bits per heavy atom. The molecule has 1 saturated heterocycles. The van der Waals surface area contributed by atoms with Gasteiger partial charge in [-0.3, -0.25) is 0 Å². The fraction of sp³-hybridized carbons (Fsp3) is 0.562. The van der Waals surface area contributed by atoms with E-state index in [2.05, 4.69) is 11.9 Å². The molecule has 0 radical (unpaired) electrons. The third kappa shape index (κ3) is 2.18. The number of rotatable bonds is 2. The van der Waals surface area contributed by atoms with E-state index in [1.54, 1.807) is 6.07 Å². The molecule has 1 aromatic rings. The minimum absolute atomic E-state index is 0.0876. The van der Waals surface area contributed by atoms with Gasteiger partial charge in [0.25, 0.3) is 0 Å². The average molecular weight is 275 g/mol. The molecule has 0 unspecified atom stereocenters. The molecule has 1 fully saturated rings. The largest absolute Gasteiger partial charge is 0.492 e. The number of esters is 1.